The molecule has 0 saturated carbocycles. The Kier molecular flexibility index (Phi) is 8.81. The number of nitrogens with zero attached hydrogens (tertiary/aromatic N) is 1. The summed E-state index contributed by atoms with van der Waals surface area (Å²) >= 11 is 0. The van der Waals surface area contributed by atoms with Crippen molar-refractivity contribution in [3.05, 3.63) is 235 Å². The van der Waals surface area contributed by atoms with Crippen LogP contribution in [0.4, 0.5) is 17.1 Å². The molecule has 1 atom stereocenters. The molecular formula is C54H39NO2. The average molecular weight is 734 g/mol. The van der Waals surface area contributed by atoms with Crippen LogP contribution in [0.2, 0.25) is 0 Å². The molecule has 3 heteroatoms. The summed E-state index contributed by atoms with van der Waals surface area (Å²) in [5, 5.41) is 2.16. The third-order valence-corrected chi connectivity index (χ3v) is 11.1. The zero-order chi connectivity index (χ0) is 38.1. The summed E-state index contributed by atoms with van der Waals surface area (Å²) < 4.78 is 12.4. The summed E-state index contributed by atoms with van der Waals surface area (Å²) in [4.78, 5) is 2.34. The Labute approximate surface area is 333 Å². The Hall–Kier alpha value is -7.36. The number of rotatable bonds is 7. The molecule has 10 rings (SSSR count). The molecule has 0 spiro atoms. The zero-order valence-corrected chi connectivity index (χ0v) is 31.4. The lowest BCUT2D eigenvalue weighted by Crippen LogP contribution is -2.10. The summed E-state index contributed by atoms with van der Waals surface area (Å²) in [7, 11) is 0. The number of para-hydroxylation sites is 1. The van der Waals surface area contributed by atoms with Crippen LogP contribution in [-0.2, 0) is 0 Å². The first-order chi connectivity index (χ1) is 28.2. The van der Waals surface area contributed by atoms with E-state index in [9.17, 15) is 0 Å². The van der Waals surface area contributed by atoms with Gasteiger partial charge >= 0.3 is 0 Å². The zero-order valence-electron chi connectivity index (χ0n) is 31.4. The van der Waals surface area contributed by atoms with Crippen molar-refractivity contribution in [2.75, 3.05) is 4.90 Å². The van der Waals surface area contributed by atoms with Crippen molar-refractivity contribution >= 4 is 55.7 Å². The molecule has 3 nitrogen and oxygen atoms in total. The lowest BCUT2D eigenvalue weighted by atomic mass is 9.81. The first-order valence-electron chi connectivity index (χ1n) is 19.4. The smallest absolute Gasteiger partial charge is 0.137 e. The van der Waals surface area contributed by atoms with Crippen molar-refractivity contribution in [1.29, 1.82) is 0 Å². The summed E-state index contributed by atoms with van der Waals surface area (Å²) in [5.74, 6) is 1.07. The van der Waals surface area contributed by atoms with Crippen LogP contribution < -0.4 is 9.64 Å². The van der Waals surface area contributed by atoms with Gasteiger partial charge in [0.05, 0.1) is 17.3 Å². The van der Waals surface area contributed by atoms with E-state index in [4.69, 9.17) is 9.15 Å². The Morgan fingerprint density at radius 3 is 2.05 bits per heavy atom. The Bertz CT molecular complexity index is 2890. The molecule has 0 fully saturated rings. The average Bonchev–Trinajstić information content (AvgIpc) is 3.66. The van der Waals surface area contributed by atoms with Crippen LogP contribution in [-0.4, -0.2) is 0 Å². The van der Waals surface area contributed by atoms with Crippen molar-refractivity contribution in [3.8, 4) is 16.9 Å². The van der Waals surface area contributed by atoms with Crippen LogP contribution in [0.25, 0.3) is 49.8 Å². The molecule has 1 aromatic heterocycles. The molecule has 7 aromatic carbocycles. The van der Waals surface area contributed by atoms with Gasteiger partial charge in [-0.2, -0.15) is 0 Å². The maximum absolute atomic E-state index is 6.39. The Morgan fingerprint density at radius 1 is 0.579 bits per heavy atom. The maximum Gasteiger partial charge on any atom is 0.137 e. The van der Waals surface area contributed by atoms with Crippen LogP contribution >= 0.6 is 0 Å². The highest BCUT2D eigenvalue weighted by Crippen LogP contribution is 2.45. The minimum Gasteiger partial charge on any atom is -0.464 e. The van der Waals surface area contributed by atoms with Gasteiger partial charge in [-0.3, -0.25) is 0 Å². The van der Waals surface area contributed by atoms with Gasteiger partial charge in [-0.05, 0) is 106 Å². The SMILES string of the molecule is C=C1/C=C\C=C/Oc2cccc(-c3ccc(N(c4ccc(C5=CC(c6ccccc6)CC(c6ccccc6)=C5)cc4)c4cccc5oc6ccccc6c45)cc3)c21. The number of allylic oxidation sites excluding steroid dienone is 8. The number of hydrogen-bond donors (Lipinski definition) is 0. The predicted molar refractivity (Wildman–Crippen MR) is 238 cm³/mol. The summed E-state index contributed by atoms with van der Waals surface area (Å²) in [6.07, 6.45) is 13.3. The quantitative estimate of drug-likeness (QED) is 0.163. The van der Waals surface area contributed by atoms with Crippen molar-refractivity contribution < 1.29 is 9.15 Å². The van der Waals surface area contributed by atoms with E-state index in [0.29, 0.717) is 0 Å². The third-order valence-electron chi connectivity index (χ3n) is 11.1. The molecule has 57 heavy (non-hydrogen) atoms. The Morgan fingerprint density at radius 2 is 1.26 bits per heavy atom. The van der Waals surface area contributed by atoms with Crippen LogP contribution in [0.1, 0.15) is 34.6 Å². The maximum atomic E-state index is 6.39. The van der Waals surface area contributed by atoms with Crippen molar-refractivity contribution in [1.82, 2.24) is 0 Å². The molecule has 0 saturated heterocycles. The molecule has 8 aromatic rings. The fraction of sp³-hybridized carbons (Fsp3) is 0.0370. The first kappa shape index (κ1) is 34.2. The molecule has 0 N–H and O–H groups in total. The van der Waals surface area contributed by atoms with Crippen molar-refractivity contribution in [2.24, 2.45) is 0 Å². The fourth-order valence-electron chi connectivity index (χ4n) is 8.33. The molecule has 0 bridgehead atoms. The fourth-order valence-corrected chi connectivity index (χ4v) is 8.33. The molecular weight excluding hydrogens is 695 g/mol. The van der Waals surface area contributed by atoms with Gasteiger partial charge in [0.1, 0.15) is 16.9 Å². The van der Waals surface area contributed by atoms with Gasteiger partial charge in [-0.25, -0.2) is 0 Å². The van der Waals surface area contributed by atoms with Gasteiger partial charge in [-0.1, -0.05) is 152 Å². The highest BCUT2D eigenvalue weighted by molar-refractivity contribution is 6.13. The number of hydrogen-bond acceptors (Lipinski definition) is 3. The lowest BCUT2D eigenvalue weighted by molar-refractivity contribution is 0.480. The number of benzene rings is 7. The van der Waals surface area contributed by atoms with E-state index < -0.39 is 0 Å². The summed E-state index contributed by atoms with van der Waals surface area (Å²) in [6, 6.07) is 60.2. The number of fused-ring (bicyclic) bond motifs is 4. The van der Waals surface area contributed by atoms with Crippen LogP contribution in [0, 0.1) is 0 Å². The van der Waals surface area contributed by atoms with Gasteiger partial charge in [-0.15, -0.1) is 0 Å². The molecule has 0 amide bonds. The van der Waals surface area contributed by atoms with E-state index >= 15 is 0 Å². The van der Waals surface area contributed by atoms with E-state index in [1.165, 1.54) is 27.8 Å². The standard InChI is InChI=1S/C54H39NO2/c1-37-14-10-11-33-56-51-23-12-20-47(53(37)51)41-27-31-46(32-28-41)55(49-21-13-24-52-54(49)48-19-8-9-22-50(48)57-52)45-29-25-40(26-30-45)44-35-42(38-15-4-2-5-16-38)34-43(36-44)39-17-6-3-7-18-39/h2-33,35-36,42H,1,34H2/b14-10-,33-11-. The summed E-state index contributed by atoms with van der Waals surface area (Å²) in [5.41, 5.74) is 15.3. The van der Waals surface area contributed by atoms with E-state index in [1.807, 2.05) is 42.5 Å². The van der Waals surface area contributed by atoms with E-state index in [1.54, 1.807) is 6.26 Å². The first-order valence-corrected chi connectivity index (χ1v) is 19.4. The normalized spacial score (nSPS) is 16.1. The second kappa shape index (κ2) is 14.7. The second-order valence-electron chi connectivity index (χ2n) is 14.6. The molecule has 0 radical (unpaired) electrons. The number of anilines is 3. The third kappa shape index (κ3) is 6.49. The van der Waals surface area contributed by atoms with Gasteiger partial charge in [0.25, 0.3) is 0 Å². The monoisotopic (exact) mass is 733 g/mol. The van der Waals surface area contributed by atoms with E-state index in [2.05, 4.69) is 169 Å². The number of ether oxygens (including phenoxy) is 1. The minimum absolute atomic E-state index is 0.281. The Balaban J connectivity index is 1.08. The lowest BCUT2D eigenvalue weighted by Gasteiger charge is -2.27. The van der Waals surface area contributed by atoms with E-state index in [0.717, 1.165) is 73.4 Å². The van der Waals surface area contributed by atoms with Gasteiger partial charge in [0.15, 0.2) is 0 Å². The summed E-state index contributed by atoms with van der Waals surface area (Å²) in [6.45, 7) is 4.37. The molecule has 1 aliphatic heterocycles. The van der Waals surface area contributed by atoms with E-state index in [-0.39, 0.29) is 5.92 Å². The predicted octanol–water partition coefficient (Wildman–Crippen LogP) is 14.9. The molecule has 272 valence electrons. The molecule has 2 heterocycles. The molecule has 2 aliphatic rings. The van der Waals surface area contributed by atoms with Crippen LogP contribution in [0.3, 0.4) is 0 Å². The minimum atomic E-state index is 0.281. The van der Waals surface area contributed by atoms with Crippen molar-refractivity contribution in [3.63, 3.8) is 0 Å². The number of furan rings is 1. The van der Waals surface area contributed by atoms with Crippen LogP contribution in [0.5, 0.6) is 5.75 Å². The van der Waals surface area contributed by atoms with Crippen molar-refractivity contribution in [2.45, 2.75) is 12.3 Å². The topological polar surface area (TPSA) is 25.6 Å². The highest BCUT2D eigenvalue weighted by Gasteiger charge is 2.22. The highest BCUT2D eigenvalue weighted by atomic mass is 16.5. The molecule has 1 aliphatic carbocycles. The van der Waals surface area contributed by atoms with Gasteiger partial charge in [0.2, 0.25) is 0 Å². The van der Waals surface area contributed by atoms with Crippen LogP contribution in [0.15, 0.2) is 217 Å². The van der Waals surface area contributed by atoms with Gasteiger partial charge < -0.3 is 14.1 Å². The van der Waals surface area contributed by atoms with Gasteiger partial charge in [0, 0.05) is 28.2 Å². The second-order valence-corrected chi connectivity index (χ2v) is 14.6. The molecule has 1 unspecified atom stereocenters. The largest absolute Gasteiger partial charge is 0.464 e.